The lowest BCUT2D eigenvalue weighted by Crippen LogP contribution is -2.09. The third kappa shape index (κ3) is 2.51. The van der Waals surface area contributed by atoms with Crippen molar-refractivity contribution in [2.75, 3.05) is 5.32 Å². The van der Waals surface area contributed by atoms with Crippen molar-refractivity contribution >= 4 is 32.8 Å². The summed E-state index contributed by atoms with van der Waals surface area (Å²) >= 11 is 3.51. The molecule has 0 unspecified atom stereocenters. The summed E-state index contributed by atoms with van der Waals surface area (Å²) in [4.78, 5) is 8.88. The highest BCUT2D eigenvalue weighted by molar-refractivity contribution is 9.10. The summed E-state index contributed by atoms with van der Waals surface area (Å²) < 4.78 is 6.00. The van der Waals surface area contributed by atoms with Crippen LogP contribution in [0.3, 0.4) is 0 Å². The Kier molecular flexibility index (Phi) is 3.40. The molecular weight excluding hydrogens is 320 g/mol. The largest absolute Gasteiger partial charge is 0.336 e. The van der Waals surface area contributed by atoms with Gasteiger partial charge >= 0.3 is 6.01 Å². The minimum absolute atomic E-state index is 0.233. The lowest BCUT2D eigenvalue weighted by atomic mass is 10.2. The quantitative estimate of drug-likeness (QED) is 0.788. The maximum atomic E-state index is 5.16. The molecule has 3 rings (SSSR count). The molecular formula is C14H13BrN4O. The summed E-state index contributed by atoms with van der Waals surface area (Å²) in [6.45, 7) is 4.02. The van der Waals surface area contributed by atoms with Crippen molar-refractivity contribution in [1.82, 2.24) is 15.1 Å². The van der Waals surface area contributed by atoms with Gasteiger partial charge in [-0.05, 0) is 41.9 Å². The molecule has 0 saturated heterocycles. The van der Waals surface area contributed by atoms with Crippen LogP contribution in [-0.4, -0.2) is 21.2 Å². The topological polar surface area (TPSA) is 63.8 Å². The highest BCUT2D eigenvalue weighted by Crippen LogP contribution is 2.28. The number of hydrogen-bond acceptors (Lipinski definition) is 5. The molecule has 0 fully saturated rings. The number of pyridine rings is 1. The second kappa shape index (κ2) is 5.20. The zero-order valence-electron chi connectivity index (χ0n) is 11.1. The summed E-state index contributed by atoms with van der Waals surface area (Å²) in [7, 11) is 0. The van der Waals surface area contributed by atoms with E-state index in [2.05, 4.69) is 36.4 Å². The molecule has 0 amide bonds. The summed E-state index contributed by atoms with van der Waals surface area (Å²) in [5.74, 6) is 0.464. The van der Waals surface area contributed by atoms with Crippen LogP contribution >= 0.6 is 15.9 Å². The summed E-state index contributed by atoms with van der Waals surface area (Å²) in [6.07, 6.45) is 0. The molecule has 0 aliphatic heterocycles. The van der Waals surface area contributed by atoms with Gasteiger partial charge in [0.2, 0.25) is 5.82 Å². The van der Waals surface area contributed by atoms with Crippen LogP contribution in [0.2, 0.25) is 0 Å². The van der Waals surface area contributed by atoms with Gasteiger partial charge in [0.15, 0.2) is 0 Å². The third-order valence-electron chi connectivity index (χ3n) is 2.73. The second-order valence-corrected chi connectivity index (χ2v) is 5.59. The molecule has 6 heteroatoms. The van der Waals surface area contributed by atoms with E-state index in [1.807, 2.05) is 44.2 Å². The Bertz CT molecular complexity index is 754. The van der Waals surface area contributed by atoms with Crippen LogP contribution in [0.25, 0.3) is 22.4 Å². The van der Waals surface area contributed by atoms with Gasteiger partial charge in [-0.3, -0.25) is 0 Å². The van der Waals surface area contributed by atoms with Crippen molar-refractivity contribution < 1.29 is 4.52 Å². The van der Waals surface area contributed by atoms with Gasteiger partial charge in [0.05, 0.1) is 5.52 Å². The minimum Gasteiger partial charge on any atom is -0.336 e. The predicted octanol–water partition coefficient (Wildman–Crippen LogP) is 3.87. The number of fused-ring (bicyclic) bond motifs is 1. The molecule has 0 spiro atoms. The molecule has 1 N–H and O–H groups in total. The first-order valence-corrected chi connectivity index (χ1v) is 7.08. The van der Waals surface area contributed by atoms with Crippen molar-refractivity contribution in [3.05, 3.63) is 34.8 Å². The van der Waals surface area contributed by atoms with Crippen molar-refractivity contribution in [3.63, 3.8) is 0 Å². The van der Waals surface area contributed by atoms with Gasteiger partial charge in [0, 0.05) is 15.9 Å². The van der Waals surface area contributed by atoms with E-state index in [4.69, 9.17) is 4.52 Å². The average molecular weight is 333 g/mol. The predicted molar refractivity (Wildman–Crippen MR) is 81.5 cm³/mol. The highest BCUT2D eigenvalue weighted by atomic mass is 79.9. The Morgan fingerprint density at radius 2 is 2.00 bits per heavy atom. The number of aromatic nitrogens is 3. The second-order valence-electron chi connectivity index (χ2n) is 4.73. The van der Waals surface area contributed by atoms with Gasteiger partial charge < -0.3 is 9.84 Å². The number of halogens is 1. The Morgan fingerprint density at radius 3 is 2.80 bits per heavy atom. The molecule has 0 aliphatic carbocycles. The normalized spacial score (nSPS) is 11.2. The Labute approximate surface area is 124 Å². The van der Waals surface area contributed by atoms with E-state index in [9.17, 15) is 0 Å². The molecule has 102 valence electrons. The van der Waals surface area contributed by atoms with E-state index < -0.39 is 0 Å². The molecule has 0 atom stereocenters. The molecule has 1 aromatic carbocycles. The maximum Gasteiger partial charge on any atom is 0.322 e. The SMILES string of the molecule is CC(C)Nc1nc(-c2nc3ccccc3cc2Br)no1. The fourth-order valence-corrected chi connectivity index (χ4v) is 2.38. The highest BCUT2D eigenvalue weighted by Gasteiger charge is 2.14. The molecule has 0 saturated carbocycles. The van der Waals surface area contributed by atoms with E-state index >= 15 is 0 Å². The van der Waals surface area contributed by atoms with Crippen molar-refractivity contribution in [1.29, 1.82) is 0 Å². The van der Waals surface area contributed by atoms with Crippen LogP contribution in [0.1, 0.15) is 13.8 Å². The first-order valence-electron chi connectivity index (χ1n) is 6.29. The molecule has 20 heavy (non-hydrogen) atoms. The van der Waals surface area contributed by atoms with Crippen LogP contribution in [0.4, 0.5) is 6.01 Å². The van der Waals surface area contributed by atoms with E-state index in [1.54, 1.807) is 0 Å². The van der Waals surface area contributed by atoms with E-state index in [0.717, 1.165) is 15.4 Å². The molecule has 2 heterocycles. The van der Waals surface area contributed by atoms with Crippen LogP contribution < -0.4 is 5.32 Å². The number of anilines is 1. The molecule has 0 aliphatic rings. The number of nitrogens with zero attached hydrogens (tertiary/aromatic N) is 3. The van der Waals surface area contributed by atoms with Crippen molar-refractivity contribution in [2.45, 2.75) is 19.9 Å². The standard InChI is InChI=1S/C14H13BrN4O/c1-8(2)16-14-18-13(19-20-14)12-10(15)7-9-5-3-4-6-11(9)17-12/h3-8H,1-2H3,(H,16,18,19). The minimum atomic E-state index is 0.233. The number of rotatable bonds is 3. The maximum absolute atomic E-state index is 5.16. The Hall–Kier alpha value is -1.95. The van der Waals surface area contributed by atoms with Crippen molar-refractivity contribution in [2.24, 2.45) is 0 Å². The Balaban J connectivity index is 2.05. The lowest BCUT2D eigenvalue weighted by molar-refractivity contribution is 0.429. The summed E-state index contributed by atoms with van der Waals surface area (Å²) in [6, 6.07) is 10.5. The van der Waals surface area contributed by atoms with Crippen molar-refractivity contribution in [3.8, 4) is 11.5 Å². The monoisotopic (exact) mass is 332 g/mol. The van der Waals surface area contributed by atoms with Gasteiger partial charge in [0.25, 0.3) is 0 Å². The number of benzene rings is 1. The number of para-hydroxylation sites is 1. The van der Waals surface area contributed by atoms with Gasteiger partial charge in [0.1, 0.15) is 5.69 Å². The molecule has 0 radical (unpaired) electrons. The number of nitrogens with one attached hydrogen (secondary N) is 1. The first-order chi connectivity index (χ1) is 9.63. The summed E-state index contributed by atoms with van der Waals surface area (Å²) in [5.41, 5.74) is 1.57. The summed E-state index contributed by atoms with van der Waals surface area (Å²) in [5, 5.41) is 8.10. The number of hydrogen-bond donors (Lipinski definition) is 1. The molecule has 0 bridgehead atoms. The zero-order valence-corrected chi connectivity index (χ0v) is 12.7. The molecule has 5 nitrogen and oxygen atoms in total. The lowest BCUT2D eigenvalue weighted by Gasteiger charge is -2.03. The Morgan fingerprint density at radius 1 is 1.20 bits per heavy atom. The molecule has 3 aromatic rings. The van der Waals surface area contributed by atoms with Crippen LogP contribution in [-0.2, 0) is 0 Å². The first kappa shape index (κ1) is 13.1. The van der Waals surface area contributed by atoms with E-state index in [-0.39, 0.29) is 6.04 Å². The van der Waals surface area contributed by atoms with Gasteiger partial charge in [-0.25, -0.2) is 4.98 Å². The van der Waals surface area contributed by atoms with Gasteiger partial charge in [-0.2, -0.15) is 4.98 Å². The van der Waals surface area contributed by atoms with Gasteiger partial charge in [-0.1, -0.05) is 23.4 Å². The smallest absolute Gasteiger partial charge is 0.322 e. The van der Waals surface area contributed by atoms with E-state index in [1.165, 1.54) is 0 Å². The fraction of sp³-hybridized carbons (Fsp3) is 0.214. The third-order valence-corrected chi connectivity index (χ3v) is 3.33. The van der Waals surface area contributed by atoms with Crippen LogP contribution in [0.15, 0.2) is 39.3 Å². The van der Waals surface area contributed by atoms with Crippen LogP contribution in [0, 0.1) is 0 Å². The molecule has 2 aromatic heterocycles. The van der Waals surface area contributed by atoms with Gasteiger partial charge in [-0.15, -0.1) is 0 Å². The zero-order chi connectivity index (χ0) is 14.1. The van der Waals surface area contributed by atoms with Crippen LogP contribution in [0.5, 0.6) is 0 Å². The average Bonchev–Trinajstić information content (AvgIpc) is 2.85. The fourth-order valence-electron chi connectivity index (χ4n) is 1.87. The van der Waals surface area contributed by atoms with E-state index in [0.29, 0.717) is 17.5 Å².